The summed E-state index contributed by atoms with van der Waals surface area (Å²) in [6.07, 6.45) is 5.02. The van der Waals surface area contributed by atoms with E-state index >= 15 is 0 Å². The van der Waals surface area contributed by atoms with Gasteiger partial charge >= 0.3 is 0 Å². The zero-order valence-corrected chi connectivity index (χ0v) is 11.0. The lowest BCUT2D eigenvalue weighted by Crippen LogP contribution is -2.28. The van der Waals surface area contributed by atoms with Crippen molar-refractivity contribution < 1.29 is 13.2 Å². The van der Waals surface area contributed by atoms with Crippen LogP contribution in [0.15, 0.2) is 0 Å². The van der Waals surface area contributed by atoms with Gasteiger partial charge in [0.2, 0.25) is 10.0 Å². The van der Waals surface area contributed by atoms with E-state index in [2.05, 4.69) is 6.92 Å². The SMILES string of the molecule is CC1CCCC(OCC(C)CS(N)(=O)=O)C1. The highest BCUT2D eigenvalue weighted by molar-refractivity contribution is 7.89. The number of rotatable bonds is 5. The fourth-order valence-electron chi connectivity index (χ4n) is 2.27. The van der Waals surface area contributed by atoms with Crippen LogP contribution in [0.5, 0.6) is 0 Å². The number of primary sulfonamides is 1. The molecule has 16 heavy (non-hydrogen) atoms. The summed E-state index contributed by atoms with van der Waals surface area (Å²) in [7, 11) is -3.37. The third-order valence-corrected chi connectivity index (χ3v) is 4.06. The van der Waals surface area contributed by atoms with Gasteiger partial charge in [0.05, 0.1) is 18.5 Å². The molecule has 1 saturated carbocycles. The summed E-state index contributed by atoms with van der Waals surface area (Å²) >= 11 is 0. The summed E-state index contributed by atoms with van der Waals surface area (Å²) in [6, 6.07) is 0. The van der Waals surface area contributed by atoms with Gasteiger partial charge in [0.1, 0.15) is 0 Å². The van der Waals surface area contributed by atoms with Gasteiger partial charge in [-0.2, -0.15) is 0 Å². The van der Waals surface area contributed by atoms with Crippen LogP contribution in [0, 0.1) is 11.8 Å². The maximum absolute atomic E-state index is 10.9. The molecule has 5 heteroatoms. The van der Waals surface area contributed by atoms with Crippen molar-refractivity contribution in [2.75, 3.05) is 12.4 Å². The maximum atomic E-state index is 10.9. The molecule has 1 aliphatic carbocycles. The Bertz CT molecular complexity index is 302. The van der Waals surface area contributed by atoms with Gasteiger partial charge in [0, 0.05) is 0 Å². The summed E-state index contributed by atoms with van der Waals surface area (Å²) in [4.78, 5) is 0. The van der Waals surface area contributed by atoms with Crippen LogP contribution in [0.25, 0.3) is 0 Å². The monoisotopic (exact) mass is 249 g/mol. The largest absolute Gasteiger partial charge is 0.378 e. The Labute approximate surface area is 98.6 Å². The minimum absolute atomic E-state index is 0.00920. The Hall–Kier alpha value is -0.130. The second-order valence-corrected chi connectivity index (χ2v) is 6.82. The van der Waals surface area contributed by atoms with Gasteiger partial charge in [-0.1, -0.05) is 26.7 Å². The molecule has 3 unspecified atom stereocenters. The Balaban J connectivity index is 2.23. The van der Waals surface area contributed by atoms with E-state index in [-0.39, 0.29) is 11.7 Å². The van der Waals surface area contributed by atoms with Crippen molar-refractivity contribution in [3.63, 3.8) is 0 Å². The van der Waals surface area contributed by atoms with E-state index in [1.807, 2.05) is 6.92 Å². The molecule has 2 N–H and O–H groups in total. The van der Waals surface area contributed by atoms with Crippen LogP contribution in [0.4, 0.5) is 0 Å². The van der Waals surface area contributed by atoms with Crippen LogP contribution in [-0.4, -0.2) is 26.9 Å². The first-order valence-electron chi connectivity index (χ1n) is 5.99. The van der Waals surface area contributed by atoms with E-state index < -0.39 is 10.0 Å². The molecule has 1 fully saturated rings. The lowest BCUT2D eigenvalue weighted by molar-refractivity contribution is 0.00265. The van der Waals surface area contributed by atoms with Crippen LogP contribution in [-0.2, 0) is 14.8 Å². The van der Waals surface area contributed by atoms with Crippen molar-refractivity contribution in [1.29, 1.82) is 0 Å². The molecule has 1 rings (SSSR count). The van der Waals surface area contributed by atoms with Crippen LogP contribution in [0.3, 0.4) is 0 Å². The fourth-order valence-corrected chi connectivity index (χ4v) is 3.16. The predicted octanol–water partition coefficient (Wildman–Crippen LogP) is 1.51. The average molecular weight is 249 g/mol. The van der Waals surface area contributed by atoms with Crippen LogP contribution < -0.4 is 5.14 Å². The maximum Gasteiger partial charge on any atom is 0.209 e. The molecule has 1 aliphatic rings. The third kappa shape index (κ3) is 5.82. The highest BCUT2D eigenvalue weighted by Gasteiger charge is 2.20. The number of ether oxygens (including phenoxy) is 1. The van der Waals surface area contributed by atoms with Gasteiger partial charge in [-0.3, -0.25) is 0 Å². The predicted molar refractivity (Wildman–Crippen MR) is 64.5 cm³/mol. The van der Waals surface area contributed by atoms with Crippen molar-refractivity contribution in [3.05, 3.63) is 0 Å². The quantitative estimate of drug-likeness (QED) is 0.803. The fraction of sp³-hybridized carbons (Fsp3) is 1.00. The molecule has 96 valence electrons. The summed E-state index contributed by atoms with van der Waals surface area (Å²) < 4.78 is 27.5. The lowest BCUT2D eigenvalue weighted by atomic mass is 9.89. The zero-order chi connectivity index (χ0) is 12.2. The Kier molecular flexibility index (Phi) is 5.21. The smallest absolute Gasteiger partial charge is 0.209 e. The molecule has 3 atom stereocenters. The van der Waals surface area contributed by atoms with Gasteiger partial charge in [0.15, 0.2) is 0 Å². The molecule has 4 nitrogen and oxygen atoms in total. The van der Waals surface area contributed by atoms with Crippen LogP contribution in [0.2, 0.25) is 0 Å². The molecule has 0 amide bonds. The van der Waals surface area contributed by atoms with E-state index in [4.69, 9.17) is 9.88 Å². The molecule has 0 bridgehead atoms. The highest BCUT2D eigenvalue weighted by atomic mass is 32.2. The minimum atomic E-state index is -3.37. The molecule has 0 aromatic heterocycles. The van der Waals surface area contributed by atoms with Gasteiger partial charge in [-0.25, -0.2) is 13.6 Å². The van der Waals surface area contributed by atoms with E-state index in [1.165, 1.54) is 12.8 Å². The minimum Gasteiger partial charge on any atom is -0.378 e. The number of hydrogen-bond acceptors (Lipinski definition) is 3. The summed E-state index contributed by atoms with van der Waals surface area (Å²) in [6.45, 7) is 4.59. The molecule has 0 aromatic rings. The normalized spacial score (nSPS) is 28.9. The van der Waals surface area contributed by atoms with Crippen LogP contribution >= 0.6 is 0 Å². The van der Waals surface area contributed by atoms with Crippen molar-refractivity contribution in [2.24, 2.45) is 17.0 Å². The number of sulfonamides is 1. The van der Waals surface area contributed by atoms with E-state index in [9.17, 15) is 8.42 Å². The molecule has 0 saturated heterocycles. The lowest BCUT2D eigenvalue weighted by Gasteiger charge is -2.27. The van der Waals surface area contributed by atoms with Crippen molar-refractivity contribution in [1.82, 2.24) is 0 Å². The first kappa shape index (κ1) is 13.9. The van der Waals surface area contributed by atoms with Crippen molar-refractivity contribution >= 4 is 10.0 Å². The van der Waals surface area contributed by atoms with Crippen molar-refractivity contribution in [2.45, 2.75) is 45.6 Å². The zero-order valence-electron chi connectivity index (χ0n) is 10.2. The molecular formula is C11H23NO3S. The highest BCUT2D eigenvalue weighted by Crippen LogP contribution is 2.25. The second-order valence-electron chi connectivity index (χ2n) is 5.16. The van der Waals surface area contributed by atoms with Gasteiger partial charge in [0.25, 0.3) is 0 Å². The molecule has 0 aromatic carbocycles. The van der Waals surface area contributed by atoms with Gasteiger partial charge in [-0.05, 0) is 24.7 Å². The third-order valence-electron chi connectivity index (χ3n) is 3.02. The van der Waals surface area contributed by atoms with Crippen molar-refractivity contribution in [3.8, 4) is 0 Å². The molecule has 0 aliphatic heterocycles. The standard InChI is InChI=1S/C11H23NO3S/c1-9-4-3-5-11(6-9)15-7-10(2)8-16(12,13)14/h9-11H,3-8H2,1-2H3,(H2,12,13,14). The first-order valence-corrected chi connectivity index (χ1v) is 7.70. The van der Waals surface area contributed by atoms with E-state index in [0.29, 0.717) is 12.7 Å². The molecule has 0 spiro atoms. The van der Waals surface area contributed by atoms with Crippen LogP contribution in [0.1, 0.15) is 39.5 Å². The Morgan fingerprint density at radius 1 is 1.44 bits per heavy atom. The van der Waals surface area contributed by atoms with Gasteiger partial charge in [-0.15, -0.1) is 0 Å². The number of nitrogens with two attached hydrogens (primary N) is 1. The summed E-state index contributed by atoms with van der Waals surface area (Å²) in [5.41, 5.74) is 0. The second kappa shape index (κ2) is 5.98. The Morgan fingerprint density at radius 3 is 2.69 bits per heavy atom. The molecular weight excluding hydrogens is 226 g/mol. The average Bonchev–Trinajstić information content (AvgIpc) is 2.12. The van der Waals surface area contributed by atoms with E-state index in [1.54, 1.807) is 0 Å². The Morgan fingerprint density at radius 2 is 2.12 bits per heavy atom. The van der Waals surface area contributed by atoms with Gasteiger partial charge < -0.3 is 4.74 Å². The molecule has 0 heterocycles. The molecule has 0 radical (unpaired) electrons. The van der Waals surface area contributed by atoms with E-state index in [0.717, 1.165) is 18.8 Å². The summed E-state index contributed by atoms with van der Waals surface area (Å²) in [5.74, 6) is 0.717. The first-order chi connectivity index (χ1) is 7.37. The number of hydrogen-bond donors (Lipinski definition) is 1. The topological polar surface area (TPSA) is 69.4 Å². The summed E-state index contributed by atoms with van der Waals surface area (Å²) in [5, 5.41) is 4.98.